The maximum Gasteiger partial charge on any atom is 0.309 e. The second-order valence-corrected chi connectivity index (χ2v) is 20.0. The molecule has 0 aromatic rings. The SMILES string of the molecule is CC(C)C1=C2C3CCC4C(C)(CCC5C(C)(C)C(OC(=O)CC(C)(C)C(=O)O)CCC54C)C3CCC2(CCNCC2CCCCC2)CC1=O. The van der Waals surface area contributed by atoms with E-state index in [1.54, 1.807) is 19.4 Å². The van der Waals surface area contributed by atoms with Gasteiger partial charge in [-0.2, -0.15) is 0 Å². The van der Waals surface area contributed by atoms with Gasteiger partial charge in [-0.25, -0.2) is 0 Å². The Balaban J connectivity index is 1.20. The summed E-state index contributed by atoms with van der Waals surface area (Å²) in [4.78, 5) is 38.6. The molecule has 6 aliphatic rings. The van der Waals surface area contributed by atoms with Crippen molar-refractivity contribution in [2.75, 3.05) is 13.1 Å². The van der Waals surface area contributed by atoms with E-state index in [0.29, 0.717) is 29.5 Å². The fourth-order valence-corrected chi connectivity index (χ4v) is 13.6. The predicted molar refractivity (Wildman–Crippen MR) is 195 cm³/mol. The third-order valence-electron chi connectivity index (χ3n) is 16.1. The normalized spacial score (nSPS) is 39.2. The third kappa shape index (κ3) is 6.39. The number of Topliss-reactive ketones (excluding diaryl/α,β-unsaturated/α-hetero) is 1. The summed E-state index contributed by atoms with van der Waals surface area (Å²) in [7, 11) is 0. The van der Waals surface area contributed by atoms with Gasteiger partial charge in [0.05, 0.1) is 11.8 Å². The lowest BCUT2D eigenvalue weighted by atomic mass is 9.36. The average molecular weight is 680 g/mol. The summed E-state index contributed by atoms with van der Waals surface area (Å²) in [5.74, 6) is 2.43. The molecule has 6 nitrogen and oxygen atoms in total. The Labute approximate surface area is 297 Å². The molecule has 0 heterocycles. The summed E-state index contributed by atoms with van der Waals surface area (Å²) in [5, 5.41) is 13.5. The minimum absolute atomic E-state index is 0.0564. The summed E-state index contributed by atoms with van der Waals surface area (Å²) < 4.78 is 6.17. The number of hydrogen-bond donors (Lipinski definition) is 2. The molecule has 276 valence electrons. The van der Waals surface area contributed by atoms with Gasteiger partial charge in [-0.15, -0.1) is 0 Å². The van der Waals surface area contributed by atoms with E-state index in [1.165, 1.54) is 63.4 Å². The molecule has 5 saturated carbocycles. The standard InChI is InChI=1S/C43H69NO5/c1-27(2)36-31(45)24-43(22-23-44-26-28-12-10-9-11-13-28)21-16-30-29(37(36)43)14-15-33-41(30,7)19-17-32-40(5,6)34(18-20-42(32,33)8)49-35(46)25-39(3,4)38(47)48/h27-30,32-34,44H,9-26H2,1-8H3,(H,47,48). The Morgan fingerprint density at radius 3 is 2.27 bits per heavy atom. The molecular formula is C43H69NO5. The maximum atomic E-state index is 13.9. The first-order valence-electron chi connectivity index (χ1n) is 20.4. The van der Waals surface area contributed by atoms with Gasteiger partial charge >= 0.3 is 11.9 Å². The molecule has 6 aliphatic carbocycles. The largest absolute Gasteiger partial charge is 0.481 e. The van der Waals surface area contributed by atoms with Gasteiger partial charge in [0.15, 0.2) is 5.78 Å². The molecule has 0 aromatic carbocycles. The summed E-state index contributed by atoms with van der Waals surface area (Å²) >= 11 is 0. The van der Waals surface area contributed by atoms with Gasteiger partial charge in [-0.1, -0.05) is 66.4 Å². The Morgan fingerprint density at radius 2 is 1.59 bits per heavy atom. The lowest BCUT2D eigenvalue weighted by molar-refractivity contribution is -0.213. The molecular weight excluding hydrogens is 610 g/mol. The highest BCUT2D eigenvalue weighted by molar-refractivity contribution is 6.00. The number of fused-ring (bicyclic) bond motifs is 7. The molecule has 5 fully saturated rings. The van der Waals surface area contributed by atoms with Crippen LogP contribution in [-0.2, 0) is 19.1 Å². The Bertz CT molecular complexity index is 1320. The van der Waals surface area contributed by atoms with Crippen LogP contribution in [0.15, 0.2) is 11.1 Å². The molecule has 0 radical (unpaired) electrons. The number of aliphatic carboxylic acids is 1. The van der Waals surface area contributed by atoms with Crippen LogP contribution < -0.4 is 5.32 Å². The van der Waals surface area contributed by atoms with Crippen LogP contribution in [0.1, 0.15) is 158 Å². The van der Waals surface area contributed by atoms with Crippen molar-refractivity contribution in [2.45, 2.75) is 164 Å². The minimum atomic E-state index is -1.13. The van der Waals surface area contributed by atoms with Gasteiger partial charge in [0.2, 0.25) is 0 Å². The van der Waals surface area contributed by atoms with Gasteiger partial charge in [-0.3, -0.25) is 14.4 Å². The summed E-state index contributed by atoms with van der Waals surface area (Å²) in [5.41, 5.74) is 1.98. The Kier molecular flexibility index (Phi) is 10.1. The smallest absolute Gasteiger partial charge is 0.309 e. The van der Waals surface area contributed by atoms with Crippen LogP contribution in [0.2, 0.25) is 0 Å². The van der Waals surface area contributed by atoms with E-state index in [2.05, 4.69) is 46.9 Å². The first-order valence-corrected chi connectivity index (χ1v) is 20.4. The van der Waals surface area contributed by atoms with Gasteiger partial charge in [-0.05, 0) is 149 Å². The van der Waals surface area contributed by atoms with Gasteiger partial charge in [0.25, 0.3) is 0 Å². The van der Waals surface area contributed by atoms with Crippen molar-refractivity contribution >= 4 is 17.7 Å². The zero-order valence-electron chi connectivity index (χ0n) is 32.3. The second kappa shape index (κ2) is 13.4. The average Bonchev–Trinajstić information content (AvgIpc) is 3.33. The number of esters is 1. The van der Waals surface area contributed by atoms with Gasteiger partial charge < -0.3 is 15.2 Å². The van der Waals surface area contributed by atoms with Crippen LogP contribution in [0.4, 0.5) is 0 Å². The minimum Gasteiger partial charge on any atom is -0.481 e. The fourth-order valence-electron chi connectivity index (χ4n) is 13.6. The highest BCUT2D eigenvalue weighted by Gasteiger charge is 2.66. The third-order valence-corrected chi connectivity index (χ3v) is 16.1. The van der Waals surface area contributed by atoms with Crippen molar-refractivity contribution in [1.29, 1.82) is 0 Å². The summed E-state index contributed by atoms with van der Waals surface area (Å²) in [6.45, 7) is 19.7. The predicted octanol–water partition coefficient (Wildman–Crippen LogP) is 9.55. The van der Waals surface area contributed by atoms with Crippen molar-refractivity contribution in [3.8, 4) is 0 Å². The molecule has 0 aliphatic heterocycles. The van der Waals surface area contributed by atoms with Crippen LogP contribution >= 0.6 is 0 Å². The fraction of sp³-hybridized carbons (Fsp3) is 0.884. The van der Waals surface area contributed by atoms with Crippen LogP contribution in [0.3, 0.4) is 0 Å². The molecule has 49 heavy (non-hydrogen) atoms. The van der Waals surface area contributed by atoms with Crippen molar-refractivity contribution < 1.29 is 24.2 Å². The second-order valence-electron chi connectivity index (χ2n) is 20.0. The van der Waals surface area contributed by atoms with Crippen LogP contribution in [-0.4, -0.2) is 42.0 Å². The Hall–Kier alpha value is -1.69. The summed E-state index contributed by atoms with van der Waals surface area (Å²) in [6, 6.07) is 0. The molecule has 6 heteroatoms. The van der Waals surface area contributed by atoms with Crippen molar-refractivity contribution in [2.24, 2.45) is 62.6 Å². The van der Waals surface area contributed by atoms with E-state index in [-0.39, 0.29) is 46.1 Å². The number of carbonyl (C=O) groups is 3. The van der Waals surface area contributed by atoms with Gasteiger partial charge in [0, 0.05) is 17.3 Å². The van der Waals surface area contributed by atoms with Crippen molar-refractivity contribution in [1.82, 2.24) is 5.32 Å². The molecule has 0 spiro atoms. The van der Waals surface area contributed by atoms with Crippen LogP contribution in [0.5, 0.6) is 0 Å². The lowest BCUT2D eigenvalue weighted by Crippen LogP contribution is -2.63. The number of nitrogens with one attached hydrogen (secondary N) is 1. The van der Waals surface area contributed by atoms with Crippen molar-refractivity contribution in [3.05, 3.63) is 11.1 Å². The molecule has 2 N–H and O–H groups in total. The van der Waals surface area contributed by atoms with Gasteiger partial charge in [0.1, 0.15) is 6.10 Å². The van der Waals surface area contributed by atoms with E-state index in [0.717, 1.165) is 57.5 Å². The van der Waals surface area contributed by atoms with Crippen molar-refractivity contribution in [3.63, 3.8) is 0 Å². The van der Waals surface area contributed by atoms with E-state index < -0.39 is 11.4 Å². The molecule has 0 bridgehead atoms. The molecule has 6 rings (SSSR count). The zero-order chi connectivity index (χ0) is 35.6. The van der Waals surface area contributed by atoms with E-state index in [4.69, 9.17) is 4.74 Å². The van der Waals surface area contributed by atoms with E-state index in [1.807, 2.05) is 0 Å². The number of carbonyl (C=O) groups excluding carboxylic acids is 2. The highest BCUT2D eigenvalue weighted by Crippen LogP contribution is 2.73. The topological polar surface area (TPSA) is 92.7 Å². The molecule has 8 unspecified atom stereocenters. The maximum absolute atomic E-state index is 13.9. The number of hydrogen-bond acceptors (Lipinski definition) is 5. The highest BCUT2D eigenvalue weighted by atomic mass is 16.5. The number of rotatable bonds is 10. The molecule has 0 amide bonds. The quantitative estimate of drug-likeness (QED) is 0.177. The monoisotopic (exact) mass is 680 g/mol. The van der Waals surface area contributed by atoms with E-state index in [9.17, 15) is 19.5 Å². The molecule has 0 aromatic heterocycles. The van der Waals surface area contributed by atoms with E-state index >= 15 is 0 Å². The van der Waals surface area contributed by atoms with Crippen LogP contribution in [0.25, 0.3) is 0 Å². The number of carboxylic acids is 1. The van der Waals surface area contributed by atoms with Crippen LogP contribution in [0, 0.1) is 62.6 Å². The number of carboxylic acid groups (broad SMARTS) is 1. The summed E-state index contributed by atoms with van der Waals surface area (Å²) in [6.07, 6.45) is 17.5. The molecule has 0 saturated heterocycles. The molecule has 8 atom stereocenters. The Morgan fingerprint density at radius 1 is 0.898 bits per heavy atom. The number of ether oxygens (including phenoxy) is 1. The first kappa shape index (κ1) is 37.1. The lowest BCUT2D eigenvalue weighted by Gasteiger charge is -2.69. The number of allylic oxidation sites excluding steroid dienone is 2. The first-order chi connectivity index (χ1) is 23.0. The number of ketones is 1. The zero-order valence-corrected chi connectivity index (χ0v) is 32.3.